The van der Waals surface area contributed by atoms with E-state index in [0.29, 0.717) is 11.3 Å². The lowest BCUT2D eigenvalue weighted by atomic mass is 10.1. The molecule has 0 saturated carbocycles. The molecule has 0 aliphatic carbocycles. The summed E-state index contributed by atoms with van der Waals surface area (Å²) < 4.78 is 6.34. The average molecular weight is 435 g/mol. The number of Topliss-reactive ketones (excluding diaryl/α,β-unsaturated/α-hetero) is 1. The Morgan fingerprint density at radius 1 is 1.24 bits per heavy atom. The molecule has 7 nitrogen and oxygen atoms in total. The van der Waals surface area contributed by atoms with Crippen molar-refractivity contribution >= 4 is 45.6 Å². The fourth-order valence-corrected chi connectivity index (χ4v) is 4.76. The number of nitrogens with one attached hydrogen (secondary N) is 2. The number of thioether (sulfide) groups is 1. The van der Waals surface area contributed by atoms with Crippen molar-refractivity contribution in [3.63, 3.8) is 0 Å². The highest BCUT2D eigenvalue weighted by Crippen LogP contribution is 2.30. The van der Waals surface area contributed by atoms with Crippen molar-refractivity contribution < 1.29 is 14.3 Å². The topological polar surface area (TPSA) is 93.2 Å². The van der Waals surface area contributed by atoms with Crippen molar-refractivity contribution in [3.8, 4) is 0 Å². The van der Waals surface area contributed by atoms with Crippen LogP contribution in [0.15, 0.2) is 28.6 Å². The van der Waals surface area contributed by atoms with Gasteiger partial charge in [0, 0.05) is 30.3 Å². The highest BCUT2D eigenvalue weighted by atomic mass is 32.2. The van der Waals surface area contributed by atoms with Crippen molar-refractivity contribution in [2.24, 2.45) is 5.92 Å². The molecule has 1 aromatic carbocycles. The van der Waals surface area contributed by atoms with Crippen LogP contribution in [-0.2, 0) is 9.53 Å². The van der Waals surface area contributed by atoms with Crippen molar-refractivity contribution in [1.29, 1.82) is 0 Å². The number of anilines is 2. The van der Waals surface area contributed by atoms with Crippen LogP contribution in [0.2, 0.25) is 0 Å². The van der Waals surface area contributed by atoms with Gasteiger partial charge in [-0.15, -0.1) is 10.2 Å². The maximum atomic E-state index is 12.7. The van der Waals surface area contributed by atoms with Crippen LogP contribution in [0.3, 0.4) is 0 Å². The zero-order valence-electron chi connectivity index (χ0n) is 16.8. The number of ether oxygens (including phenoxy) is 1. The van der Waals surface area contributed by atoms with Crippen LogP contribution < -0.4 is 10.6 Å². The molecule has 1 fully saturated rings. The third-order valence-corrected chi connectivity index (χ3v) is 6.58. The number of hydrogen-bond donors (Lipinski definition) is 2. The molecule has 2 heterocycles. The summed E-state index contributed by atoms with van der Waals surface area (Å²) in [6.07, 6.45) is 2.41. The largest absolute Gasteiger partial charge is 0.376 e. The Morgan fingerprint density at radius 2 is 2.00 bits per heavy atom. The van der Waals surface area contributed by atoms with Gasteiger partial charge in [0.2, 0.25) is 11.0 Å². The number of hydrogen-bond acceptors (Lipinski definition) is 8. The molecule has 1 aliphatic rings. The van der Waals surface area contributed by atoms with Gasteiger partial charge in [0.15, 0.2) is 10.1 Å². The Hall–Kier alpha value is -1.97. The summed E-state index contributed by atoms with van der Waals surface area (Å²) in [4.78, 5) is 24.5. The molecule has 1 amide bonds. The number of carbonyl (C=O) groups is 2. The zero-order valence-corrected chi connectivity index (χ0v) is 18.4. The van der Waals surface area contributed by atoms with Crippen molar-refractivity contribution in [1.82, 2.24) is 10.2 Å². The molecule has 0 bridgehead atoms. The molecule has 2 unspecified atom stereocenters. The van der Waals surface area contributed by atoms with Crippen LogP contribution in [0.25, 0.3) is 0 Å². The van der Waals surface area contributed by atoms with E-state index in [4.69, 9.17) is 4.74 Å². The van der Waals surface area contributed by atoms with Gasteiger partial charge < -0.3 is 15.4 Å². The van der Waals surface area contributed by atoms with E-state index in [1.54, 1.807) is 24.3 Å². The number of carbonyl (C=O) groups excluding carboxylic acids is 2. The monoisotopic (exact) mass is 434 g/mol. The molecule has 2 N–H and O–H groups in total. The van der Waals surface area contributed by atoms with Crippen LogP contribution in [0.4, 0.5) is 10.8 Å². The van der Waals surface area contributed by atoms with Gasteiger partial charge in [-0.2, -0.15) is 0 Å². The predicted octanol–water partition coefficient (Wildman–Crippen LogP) is 4.09. The van der Waals surface area contributed by atoms with Crippen LogP contribution in [-0.4, -0.2) is 46.4 Å². The van der Waals surface area contributed by atoms with Crippen molar-refractivity contribution in [3.05, 3.63) is 29.8 Å². The summed E-state index contributed by atoms with van der Waals surface area (Å²) >= 11 is 2.84. The Morgan fingerprint density at radius 3 is 2.66 bits per heavy atom. The number of amides is 1. The molecular weight excluding hydrogens is 408 g/mol. The molecule has 0 radical (unpaired) electrons. The fourth-order valence-electron chi connectivity index (χ4n) is 2.78. The fraction of sp³-hybridized carbons (Fsp3) is 0.500. The smallest absolute Gasteiger partial charge is 0.226 e. The maximum absolute atomic E-state index is 12.7. The van der Waals surface area contributed by atoms with E-state index < -0.39 is 0 Å². The van der Waals surface area contributed by atoms with Gasteiger partial charge in [0.05, 0.1) is 11.4 Å². The number of benzene rings is 1. The molecule has 1 saturated heterocycles. The molecule has 2 atom stereocenters. The van der Waals surface area contributed by atoms with E-state index in [9.17, 15) is 9.59 Å². The summed E-state index contributed by atoms with van der Waals surface area (Å²) in [5.41, 5.74) is 1.29. The first-order chi connectivity index (χ1) is 13.9. The Bertz CT molecular complexity index is 833. The third-order valence-electron chi connectivity index (χ3n) is 4.52. The van der Waals surface area contributed by atoms with Crippen molar-refractivity contribution in [2.45, 2.75) is 49.3 Å². The second-order valence-electron chi connectivity index (χ2n) is 7.23. The molecular formula is C20H26N4O3S2. The van der Waals surface area contributed by atoms with Gasteiger partial charge in [-0.25, -0.2) is 0 Å². The number of ketones is 1. The van der Waals surface area contributed by atoms with Crippen LogP contribution in [0.1, 0.15) is 44.0 Å². The lowest BCUT2D eigenvalue weighted by molar-refractivity contribution is -0.118. The second kappa shape index (κ2) is 10.2. The average Bonchev–Trinajstić information content (AvgIpc) is 3.38. The summed E-state index contributed by atoms with van der Waals surface area (Å²) in [5.74, 6) is -0.126. The van der Waals surface area contributed by atoms with Gasteiger partial charge >= 0.3 is 0 Å². The summed E-state index contributed by atoms with van der Waals surface area (Å²) in [5, 5.41) is 14.9. The van der Waals surface area contributed by atoms with Gasteiger partial charge in [0.25, 0.3) is 0 Å². The first kappa shape index (κ1) is 21.7. The number of nitrogens with zero attached hydrogens (tertiary/aromatic N) is 2. The third kappa shape index (κ3) is 6.25. The van der Waals surface area contributed by atoms with E-state index in [-0.39, 0.29) is 29.0 Å². The molecule has 156 valence electrons. The van der Waals surface area contributed by atoms with Crippen molar-refractivity contribution in [2.75, 3.05) is 23.8 Å². The van der Waals surface area contributed by atoms with E-state index >= 15 is 0 Å². The summed E-state index contributed by atoms with van der Waals surface area (Å²) in [6.45, 7) is 7.09. The molecule has 2 aromatic rings. The van der Waals surface area contributed by atoms with E-state index in [1.807, 2.05) is 20.8 Å². The van der Waals surface area contributed by atoms with Gasteiger partial charge in [0.1, 0.15) is 0 Å². The molecule has 3 rings (SSSR count). The summed E-state index contributed by atoms with van der Waals surface area (Å²) in [7, 11) is 0. The lowest BCUT2D eigenvalue weighted by Crippen LogP contribution is -2.18. The molecule has 29 heavy (non-hydrogen) atoms. The number of rotatable bonds is 9. The zero-order chi connectivity index (χ0) is 20.8. The number of aromatic nitrogens is 2. The minimum absolute atomic E-state index is 0.0146. The van der Waals surface area contributed by atoms with Gasteiger partial charge in [-0.3, -0.25) is 9.59 Å². The van der Waals surface area contributed by atoms with Gasteiger partial charge in [-0.1, -0.05) is 36.9 Å². The van der Waals surface area contributed by atoms with Crippen LogP contribution >= 0.6 is 23.1 Å². The normalized spacial score (nSPS) is 17.3. The van der Waals surface area contributed by atoms with E-state index in [2.05, 4.69) is 20.8 Å². The van der Waals surface area contributed by atoms with E-state index in [1.165, 1.54) is 23.1 Å². The second-order valence-corrected chi connectivity index (χ2v) is 9.80. The Balaban J connectivity index is 1.51. The molecule has 9 heteroatoms. The van der Waals surface area contributed by atoms with E-state index in [0.717, 1.165) is 35.5 Å². The quantitative estimate of drug-likeness (QED) is 0.453. The highest BCUT2D eigenvalue weighted by molar-refractivity contribution is 8.02. The van der Waals surface area contributed by atoms with Gasteiger partial charge in [-0.05, 0) is 44.0 Å². The standard InChI is InChI=1S/C20H26N4O3S2/c1-12(2)18(26)22-15-8-6-14(7-9-15)17(25)13(3)28-20-24-23-19(29-20)21-11-16-5-4-10-27-16/h6-9,12-13,16H,4-5,10-11H2,1-3H3,(H,21,23)(H,22,26). The molecule has 1 aliphatic heterocycles. The predicted molar refractivity (Wildman–Crippen MR) is 117 cm³/mol. The maximum Gasteiger partial charge on any atom is 0.226 e. The minimum atomic E-state index is -0.287. The first-order valence-electron chi connectivity index (χ1n) is 9.73. The first-order valence-corrected chi connectivity index (χ1v) is 11.4. The highest BCUT2D eigenvalue weighted by Gasteiger charge is 2.20. The molecule has 0 spiro atoms. The Labute approximate surface area is 179 Å². The van der Waals surface area contributed by atoms with Crippen LogP contribution in [0.5, 0.6) is 0 Å². The minimum Gasteiger partial charge on any atom is -0.376 e. The lowest BCUT2D eigenvalue weighted by Gasteiger charge is -2.10. The Kier molecular flexibility index (Phi) is 7.63. The SMILES string of the molecule is CC(C)C(=O)Nc1ccc(C(=O)C(C)Sc2nnc(NCC3CCCO3)s2)cc1. The molecule has 1 aromatic heterocycles. The summed E-state index contributed by atoms with van der Waals surface area (Å²) in [6, 6.07) is 6.99. The van der Waals surface area contributed by atoms with Crippen LogP contribution in [0, 0.1) is 5.92 Å².